The first-order valence-electron chi connectivity index (χ1n) is 6.07. The van der Waals surface area contributed by atoms with Gasteiger partial charge in [0.05, 0.1) is 0 Å². The van der Waals surface area contributed by atoms with Gasteiger partial charge in [-0.05, 0) is 6.07 Å². The molecule has 0 saturated heterocycles. The second kappa shape index (κ2) is 5.92. The van der Waals surface area contributed by atoms with Gasteiger partial charge in [-0.3, -0.25) is 5.43 Å². The predicted molar refractivity (Wildman–Crippen MR) is 71.3 cm³/mol. The molecule has 0 fully saturated rings. The fourth-order valence-corrected chi connectivity index (χ4v) is 1.59. The first kappa shape index (κ1) is 12.9. The van der Waals surface area contributed by atoms with Gasteiger partial charge in [0.15, 0.2) is 6.33 Å². The van der Waals surface area contributed by atoms with Crippen molar-refractivity contribution in [2.75, 3.05) is 17.3 Å². The summed E-state index contributed by atoms with van der Waals surface area (Å²) < 4.78 is 6.40. The number of hydrazine groups is 1. The van der Waals surface area contributed by atoms with Crippen LogP contribution in [0.2, 0.25) is 0 Å². The normalized spacial score (nSPS) is 10.5. The molecule has 4 N–H and O–H groups in total. The molecule has 0 aromatic carbocycles. The molecular weight excluding hydrogens is 276 g/mol. The molecule has 0 spiro atoms. The maximum Gasteiger partial charge on any atom is 0.257 e. The van der Waals surface area contributed by atoms with E-state index < -0.39 is 0 Å². The Morgan fingerprint density at radius 2 is 2.14 bits per heavy atom. The number of hydrogen-bond donors (Lipinski definition) is 3. The zero-order chi connectivity index (χ0) is 14.5. The fraction of sp³-hybridized carbons (Fsp3) is 0.200. The third-order valence-corrected chi connectivity index (χ3v) is 2.49. The topological polar surface area (TPSA) is 145 Å². The smallest absolute Gasteiger partial charge is 0.257 e. The maximum absolute atomic E-state index is 5.35. The molecule has 0 aliphatic rings. The highest BCUT2D eigenvalue weighted by Gasteiger charge is 2.08. The summed E-state index contributed by atoms with van der Waals surface area (Å²) in [5, 5.41) is 10.6. The largest absolute Gasteiger partial charge is 0.354 e. The molecule has 0 radical (unpaired) electrons. The molecule has 3 aromatic heterocycles. The average Bonchev–Trinajstić information content (AvgIpc) is 3.20. The monoisotopic (exact) mass is 288 g/mol. The molecule has 0 aliphatic carbocycles. The number of nitrogen functional groups attached to an aromatic ring is 1. The predicted octanol–water partition coefficient (Wildman–Crippen LogP) is -0.620. The van der Waals surface area contributed by atoms with E-state index >= 15 is 0 Å². The Hall–Kier alpha value is -3.08. The summed E-state index contributed by atoms with van der Waals surface area (Å²) >= 11 is 0. The minimum absolute atomic E-state index is 0.232. The summed E-state index contributed by atoms with van der Waals surface area (Å²) in [4.78, 5) is 16.4. The molecule has 0 amide bonds. The number of rotatable bonds is 6. The molecule has 108 valence electrons. The maximum atomic E-state index is 5.35. The van der Waals surface area contributed by atoms with Crippen LogP contribution in [0, 0.1) is 0 Å². The Bertz CT molecular complexity index is 680. The lowest BCUT2D eigenvalue weighted by atomic mass is 10.4. The van der Waals surface area contributed by atoms with Crippen LogP contribution in [0.15, 0.2) is 29.3 Å². The van der Waals surface area contributed by atoms with Crippen LogP contribution >= 0.6 is 0 Å². The van der Waals surface area contributed by atoms with Crippen LogP contribution in [0.25, 0.3) is 5.95 Å². The van der Waals surface area contributed by atoms with Gasteiger partial charge >= 0.3 is 0 Å². The Kier molecular flexibility index (Phi) is 3.64. The first-order chi connectivity index (χ1) is 10.3. The number of aromatic nitrogens is 7. The lowest BCUT2D eigenvalue weighted by Gasteiger charge is -2.07. The molecule has 3 rings (SSSR count). The van der Waals surface area contributed by atoms with Crippen molar-refractivity contribution in [2.45, 2.75) is 6.42 Å². The van der Waals surface area contributed by atoms with Gasteiger partial charge in [0.1, 0.15) is 0 Å². The lowest BCUT2D eigenvalue weighted by molar-refractivity contribution is 0.379. The van der Waals surface area contributed by atoms with Gasteiger partial charge in [-0.2, -0.15) is 25.0 Å². The highest BCUT2D eigenvalue weighted by atomic mass is 16.5. The molecule has 0 atom stereocenters. The van der Waals surface area contributed by atoms with E-state index in [0.29, 0.717) is 30.8 Å². The molecule has 0 unspecified atom stereocenters. The molecular formula is C10H12N10O. The standard InChI is InChI=1S/C10H12N10O/c11-19-9-16-8(12-4-2-7-13-6-15-21-7)17-10(18-9)20-5-1-3-14-20/h1,3,5-6H,2,4,11H2,(H2,12,16,17,18,19). The molecule has 11 heteroatoms. The van der Waals surface area contributed by atoms with Gasteiger partial charge in [0.25, 0.3) is 5.95 Å². The van der Waals surface area contributed by atoms with Gasteiger partial charge in [0, 0.05) is 25.4 Å². The Balaban J connectivity index is 1.73. The SMILES string of the molecule is NNc1nc(NCCc2ncno2)nc(-n2cccn2)n1. The summed E-state index contributed by atoms with van der Waals surface area (Å²) in [5.41, 5.74) is 2.39. The highest BCUT2D eigenvalue weighted by Crippen LogP contribution is 2.08. The number of nitrogens with one attached hydrogen (secondary N) is 2. The second-order valence-corrected chi connectivity index (χ2v) is 3.89. The van der Waals surface area contributed by atoms with E-state index in [2.05, 4.69) is 40.9 Å². The van der Waals surface area contributed by atoms with Crippen molar-refractivity contribution in [1.82, 2.24) is 34.9 Å². The van der Waals surface area contributed by atoms with Crippen LogP contribution < -0.4 is 16.6 Å². The molecule has 0 aliphatic heterocycles. The Morgan fingerprint density at radius 1 is 1.24 bits per heavy atom. The molecule has 0 bridgehead atoms. The minimum atomic E-state index is 0.232. The van der Waals surface area contributed by atoms with Crippen LogP contribution in [0.5, 0.6) is 0 Å². The molecule has 3 aromatic rings. The van der Waals surface area contributed by atoms with Gasteiger partial charge in [-0.1, -0.05) is 5.16 Å². The molecule has 21 heavy (non-hydrogen) atoms. The summed E-state index contributed by atoms with van der Waals surface area (Å²) in [7, 11) is 0. The molecule has 3 heterocycles. The van der Waals surface area contributed by atoms with Crippen LogP contribution in [-0.4, -0.2) is 41.4 Å². The summed E-state index contributed by atoms with van der Waals surface area (Å²) in [6.07, 6.45) is 5.25. The van der Waals surface area contributed by atoms with E-state index in [-0.39, 0.29) is 5.95 Å². The van der Waals surface area contributed by atoms with Crippen molar-refractivity contribution in [3.05, 3.63) is 30.7 Å². The van der Waals surface area contributed by atoms with Gasteiger partial charge in [-0.15, -0.1) is 0 Å². The number of nitrogens with two attached hydrogens (primary N) is 1. The van der Waals surface area contributed by atoms with Crippen molar-refractivity contribution in [3.8, 4) is 5.95 Å². The zero-order valence-corrected chi connectivity index (χ0v) is 10.8. The van der Waals surface area contributed by atoms with Crippen molar-refractivity contribution in [2.24, 2.45) is 5.84 Å². The van der Waals surface area contributed by atoms with Gasteiger partial charge in [0.2, 0.25) is 17.8 Å². The van der Waals surface area contributed by atoms with Crippen LogP contribution in [0.3, 0.4) is 0 Å². The molecule has 0 saturated carbocycles. The van der Waals surface area contributed by atoms with Crippen LogP contribution in [0.1, 0.15) is 5.89 Å². The van der Waals surface area contributed by atoms with E-state index in [1.807, 2.05) is 0 Å². The second-order valence-electron chi connectivity index (χ2n) is 3.89. The van der Waals surface area contributed by atoms with E-state index in [1.54, 1.807) is 18.5 Å². The number of anilines is 2. The third kappa shape index (κ3) is 3.09. The summed E-state index contributed by atoms with van der Waals surface area (Å²) in [5.74, 6) is 6.83. The average molecular weight is 288 g/mol. The van der Waals surface area contributed by atoms with E-state index in [1.165, 1.54) is 11.0 Å². The number of nitrogens with zero attached hydrogens (tertiary/aromatic N) is 7. The zero-order valence-electron chi connectivity index (χ0n) is 10.8. The van der Waals surface area contributed by atoms with Crippen molar-refractivity contribution >= 4 is 11.9 Å². The lowest BCUT2D eigenvalue weighted by Crippen LogP contribution is -2.17. The van der Waals surface area contributed by atoms with Crippen molar-refractivity contribution in [1.29, 1.82) is 0 Å². The Morgan fingerprint density at radius 3 is 2.86 bits per heavy atom. The van der Waals surface area contributed by atoms with Gasteiger partial charge < -0.3 is 9.84 Å². The first-order valence-corrected chi connectivity index (χ1v) is 6.07. The summed E-state index contributed by atoms with van der Waals surface area (Å²) in [6.45, 7) is 0.523. The van der Waals surface area contributed by atoms with E-state index in [0.717, 1.165) is 0 Å². The minimum Gasteiger partial charge on any atom is -0.354 e. The van der Waals surface area contributed by atoms with E-state index in [4.69, 9.17) is 10.4 Å². The van der Waals surface area contributed by atoms with Crippen LogP contribution in [0.4, 0.5) is 11.9 Å². The van der Waals surface area contributed by atoms with Crippen molar-refractivity contribution in [3.63, 3.8) is 0 Å². The summed E-state index contributed by atoms with van der Waals surface area (Å²) in [6, 6.07) is 1.77. The Labute approximate surface area is 118 Å². The molecule has 11 nitrogen and oxygen atoms in total. The quantitative estimate of drug-likeness (QED) is 0.396. The highest BCUT2D eigenvalue weighted by molar-refractivity contribution is 5.36. The third-order valence-electron chi connectivity index (χ3n) is 2.49. The number of hydrogen-bond acceptors (Lipinski definition) is 10. The van der Waals surface area contributed by atoms with E-state index in [9.17, 15) is 0 Å². The van der Waals surface area contributed by atoms with Gasteiger partial charge in [-0.25, -0.2) is 10.5 Å². The van der Waals surface area contributed by atoms with Crippen LogP contribution in [-0.2, 0) is 6.42 Å². The fourth-order valence-electron chi connectivity index (χ4n) is 1.59. The van der Waals surface area contributed by atoms with Crippen molar-refractivity contribution < 1.29 is 4.52 Å².